The van der Waals surface area contributed by atoms with Gasteiger partial charge in [-0.25, -0.2) is 4.79 Å². The van der Waals surface area contributed by atoms with Crippen molar-refractivity contribution in [3.63, 3.8) is 0 Å². The lowest BCUT2D eigenvalue weighted by molar-refractivity contribution is 0.101. The second kappa shape index (κ2) is 8.78. The van der Waals surface area contributed by atoms with E-state index in [1.807, 2.05) is 0 Å². The molecule has 13 heteroatoms. The fourth-order valence-corrected chi connectivity index (χ4v) is 3.01. The molecule has 29 heavy (non-hydrogen) atoms. The van der Waals surface area contributed by atoms with E-state index in [0.29, 0.717) is 12.0 Å². The minimum absolute atomic E-state index is 0.0117. The van der Waals surface area contributed by atoms with Gasteiger partial charge in [0.15, 0.2) is 10.9 Å². The van der Waals surface area contributed by atoms with Crippen molar-refractivity contribution in [3.8, 4) is 11.6 Å². The Kier molecular flexibility index (Phi) is 6.38. The molecule has 0 fully saturated rings. The van der Waals surface area contributed by atoms with Crippen LogP contribution in [-0.2, 0) is 0 Å². The molecule has 0 saturated carbocycles. The van der Waals surface area contributed by atoms with Crippen molar-refractivity contribution in [3.05, 3.63) is 55.3 Å². The van der Waals surface area contributed by atoms with Crippen molar-refractivity contribution in [2.24, 2.45) is 0 Å². The summed E-state index contributed by atoms with van der Waals surface area (Å²) in [6, 6.07) is 4.15. The Morgan fingerprint density at radius 1 is 1.28 bits per heavy atom. The molecule has 3 aromatic rings. The van der Waals surface area contributed by atoms with Gasteiger partial charge in [0.2, 0.25) is 11.7 Å². The van der Waals surface area contributed by atoms with Crippen LogP contribution in [0, 0.1) is 0 Å². The molecule has 3 N–H and O–H groups in total. The molecule has 3 rings (SSSR count). The zero-order valence-electron chi connectivity index (χ0n) is 14.6. The number of anilines is 1. The Labute approximate surface area is 177 Å². The minimum atomic E-state index is -0.869. The highest BCUT2D eigenvalue weighted by Gasteiger charge is 2.18. The zero-order chi connectivity index (χ0) is 21.1. The van der Waals surface area contributed by atoms with Crippen LogP contribution in [0.15, 0.2) is 27.5 Å². The van der Waals surface area contributed by atoms with Gasteiger partial charge in [-0.15, -0.1) is 10.2 Å². The molecule has 0 aliphatic rings. The number of nitrogens with one attached hydrogen (secondary N) is 2. The number of aliphatic hydroxyl groups is 1. The van der Waals surface area contributed by atoms with Crippen LogP contribution in [0.5, 0.6) is 11.6 Å². The van der Waals surface area contributed by atoms with Crippen LogP contribution in [0.1, 0.15) is 35.6 Å². The predicted octanol–water partition coefficient (Wildman–Crippen LogP) is 3.60. The van der Waals surface area contributed by atoms with Gasteiger partial charge in [0, 0.05) is 17.3 Å². The molecule has 0 spiro atoms. The Hall–Kier alpha value is -2.66. The van der Waals surface area contributed by atoms with Crippen molar-refractivity contribution < 1.29 is 19.2 Å². The first-order chi connectivity index (χ1) is 13.8. The van der Waals surface area contributed by atoms with Gasteiger partial charge in [-0.2, -0.15) is 0 Å². The molecule has 10 nitrogen and oxygen atoms in total. The molecule has 0 aliphatic heterocycles. The number of aromatic nitrogens is 4. The number of halogens is 3. The normalized spacial score (nSPS) is 11.9. The summed E-state index contributed by atoms with van der Waals surface area (Å²) in [5.74, 6) is -1.86. The number of hydrogen-bond donors (Lipinski definition) is 3. The van der Waals surface area contributed by atoms with Gasteiger partial charge in [-0.1, -0.05) is 41.7 Å². The maximum Gasteiger partial charge on any atom is 0.439 e. The first-order valence-corrected chi connectivity index (χ1v) is 9.17. The number of benzene rings is 1. The molecular weight excluding hydrogens is 449 g/mol. The largest absolute Gasteiger partial charge is 0.439 e. The van der Waals surface area contributed by atoms with Crippen LogP contribution in [0.3, 0.4) is 0 Å². The third-order valence-corrected chi connectivity index (χ3v) is 4.47. The Morgan fingerprint density at radius 2 is 1.97 bits per heavy atom. The minimum Gasteiger partial charge on any atom is -0.434 e. The van der Waals surface area contributed by atoms with Crippen molar-refractivity contribution in [1.29, 1.82) is 0 Å². The predicted molar refractivity (Wildman–Crippen MR) is 104 cm³/mol. The maximum atomic E-state index is 12.0. The molecule has 1 atom stereocenters. The average molecular weight is 461 g/mol. The standard InChI is InChI=1S/C16H12Cl3N5O5/c1-2-10(25)7-5-11(22-23-13(7)19)28-12-8(17)3-6(4-9(12)18)20-15(26)14-21-16(27)29-24-14/h3-5,10,25H,2H2,1H3,(H,20,26)(H,21,24,27)/t10-/m0/s1. The third-order valence-electron chi connectivity index (χ3n) is 3.62. The molecule has 0 aliphatic carbocycles. The lowest BCUT2D eigenvalue weighted by Crippen LogP contribution is -2.15. The number of nitrogens with zero attached hydrogens (tertiary/aromatic N) is 3. The summed E-state index contributed by atoms with van der Waals surface area (Å²) in [5, 5.41) is 23.4. The maximum absolute atomic E-state index is 12.0. The Balaban J connectivity index is 1.83. The number of hydrogen-bond acceptors (Lipinski definition) is 8. The van der Waals surface area contributed by atoms with E-state index in [2.05, 4.69) is 30.2 Å². The highest BCUT2D eigenvalue weighted by Crippen LogP contribution is 2.39. The second-order valence-corrected chi connectivity index (χ2v) is 6.79. The van der Waals surface area contributed by atoms with E-state index in [1.165, 1.54) is 18.2 Å². The quantitative estimate of drug-likeness (QED) is 0.506. The van der Waals surface area contributed by atoms with Crippen molar-refractivity contribution in [2.45, 2.75) is 19.4 Å². The van der Waals surface area contributed by atoms with Gasteiger partial charge in [0.05, 0.1) is 16.1 Å². The SMILES string of the molecule is CC[C@H](O)c1cc(Oc2c(Cl)cc(NC(=O)c3noc(=O)[nH]3)cc2Cl)nnc1Cl. The summed E-state index contributed by atoms with van der Waals surface area (Å²) in [4.78, 5) is 25.0. The molecule has 2 aromatic heterocycles. The van der Waals surface area contributed by atoms with Gasteiger partial charge in [-0.3, -0.25) is 14.3 Å². The first-order valence-electron chi connectivity index (χ1n) is 8.04. The van der Waals surface area contributed by atoms with Crippen LogP contribution in [0.25, 0.3) is 0 Å². The van der Waals surface area contributed by atoms with E-state index in [1.54, 1.807) is 6.92 Å². The second-order valence-electron chi connectivity index (χ2n) is 5.62. The molecular formula is C16H12Cl3N5O5. The first kappa shape index (κ1) is 21.1. The van der Waals surface area contributed by atoms with Gasteiger partial charge in [0.1, 0.15) is 0 Å². The smallest absolute Gasteiger partial charge is 0.434 e. The molecule has 1 amide bonds. The number of rotatable bonds is 6. The summed E-state index contributed by atoms with van der Waals surface area (Å²) < 4.78 is 9.85. The topological polar surface area (TPSA) is 143 Å². The molecule has 0 bridgehead atoms. The van der Waals surface area contributed by atoms with Gasteiger partial charge in [0.25, 0.3) is 5.91 Å². The van der Waals surface area contributed by atoms with E-state index in [-0.39, 0.29) is 38.3 Å². The lowest BCUT2D eigenvalue weighted by Gasteiger charge is -2.13. The zero-order valence-corrected chi connectivity index (χ0v) is 16.8. The van der Waals surface area contributed by atoms with Gasteiger partial charge in [-0.05, 0) is 23.7 Å². The number of ether oxygens (including phenoxy) is 1. The Bertz CT molecular complexity index is 1090. The number of carbonyl (C=O) groups is 1. The molecule has 1 aromatic carbocycles. The molecule has 2 heterocycles. The number of amides is 1. The van der Waals surface area contributed by atoms with Crippen LogP contribution >= 0.6 is 34.8 Å². The van der Waals surface area contributed by atoms with E-state index in [0.717, 1.165) is 0 Å². The molecule has 0 unspecified atom stereocenters. The van der Waals surface area contributed by atoms with Crippen molar-refractivity contribution in [2.75, 3.05) is 5.32 Å². The van der Waals surface area contributed by atoms with E-state index in [4.69, 9.17) is 39.5 Å². The Morgan fingerprint density at radius 3 is 2.55 bits per heavy atom. The van der Waals surface area contributed by atoms with Crippen molar-refractivity contribution in [1.82, 2.24) is 20.3 Å². The number of carbonyl (C=O) groups excluding carboxylic acids is 1. The van der Waals surface area contributed by atoms with Gasteiger partial charge >= 0.3 is 5.76 Å². The van der Waals surface area contributed by atoms with Gasteiger partial charge < -0.3 is 15.2 Å². The van der Waals surface area contributed by atoms with E-state index in [9.17, 15) is 14.7 Å². The third kappa shape index (κ3) is 4.85. The summed E-state index contributed by atoms with van der Waals surface area (Å²) >= 11 is 18.3. The molecule has 0 saturated heterocycles. The van der Waals surface area contributed by atoms with E-state index >= 15 is 0 Å². The van der Waals surface area contributed by atoms with Crippen LogP contribution < -0.4 is 15.8 Å². The fourth-order valence-electron chi connectivity index (χ4n) is 2.23. The van der Waals surface area contributed by atoms with Crippen LogP contribution in [0.4, 0.5) is 5.69 Å². The summed E-state index contributed by atoms with van der Waals surface area (Å²) in [7, 11) is 0. The molecule has 0 radical (unpaired) electrons. The monoisotopic (exact) mass is 459 g/mol. The average Bonchev–Trinajstić information content (AvgIpc) is 3.12. The van der Waals surface area contributed by atoms with Crippen LogP contribution in [0.2, 0.25) is 15.2 Å². The van der Waals surface area contributed by atoms with Crippen LogP contribution in [-0.4, -0.2) is 31.4 Å². The summed E-state index contributed by atoms with van der Waals surface area (Å²) in [6.07, 6.45) is -0.427. The fraction of sp³-hybridized carbons (Fsp3) is 0.188. The number of aliphatic hydroxyl groups excluding tert-OH is 1. The summed E-state index contributed by atoms with van der Waals surface area (Å²) in [5.41, 5.74) is 0.558. The number of H-pyrrole nitrogens is 1. The van der Waals surface area contributed by atoms with E-state index < -0.39 is 17.8 Å². The summed E-state index contributed by atoms with van der Waals surface area (Å²) in [6.45, 7) is 1.78. The lowest BCUT2D eigenvalue weighted by atomic mass is 10.1. The number of aromatic amines is 1. The van der Waals surface area contributed by atoms with Crippen molar-refractivity contribution >= 4 is 46.4 Å². The highest BCUT2D eigenvalue weighted by molar-refractivity contribution is 6.37. The highest BCUT2D eigenvalue weighted by atomic mass is 35.5. The molecule has 152 valence electrons.